The van der Waals surface area contributed by atoms with Crippen molar-refractivity contribution in [1.82, 2.24) is 4.98 Å². The van der Waals surface area contributed by atoms with Crippen LogP contribution in [-0.4, -0.2) is 4.98 Å². The summed E-state index contributed by atoms with van der Waals surface area (Å²) in [6, 6.07) is 1.96. The van der Waals surface area contributed by atoms with Crippen molar-refractivity contribution in [3.8, 4) is 0 Å². The molecule has 0 atom stereocenters. The van der Waals surface area contributed by atoms with Gasteiger partial charge in [0.2, 0.25) is 0 Å². The van der Waals surface area contributed by atoms with Crippen molar-refractivity contribution in [3.63, 3.8) is 0 Å². The van der Waals surface area contributed by atoms with Crippen LogP contribution in [0.1, 0.15) is 5.56 Å². The first-order valence-electron chi connectivity index (χ1n) is 2.56. The number of pyridine rings is 1. The number of hydrogen-bond acceptors (Lipinski definition) is 1. The molecule has 1 aromatic rings. The summed E-state index contributed by atoms with van der Waals surface area (Å²) in [4.78, 5) is 3.94. The Balaban J connectivity index is 3.07. The van der Waals surface area contributed by atoms with Crippen molar-refractivity contribution in [2.24, 2.45) is 0 Å². The van der Waals surface area contributed by atoms with Crippen molar-refractivity contribution in [2.45, 2.75) is 0 Å². The minimum absolute atomic E-state index is 0.986. The number of hydrogen-bond donors (Lipinski definition) is 0. The molecule has 0 radical (unpaired) electrons. The van der Waals surface area contributed by atoms with Crippen LogP contribution in [0.15, 0.2) is 29.5 Å². The SMILES string of the molecule is C=Cc1cncc(Br)c1. The largest absolute Gasteiger partial charge is 0.263 e. The lowest BCUT2D eigenvalue weighted by molar-refractivity contribution is 1.30. The highest BCUT2D eigenvalue weighted by Gasteiger charge is 1.86. The minimum atomic E-state index is 0.986. The molecule has 0 unspecified atom stereocenters. The molecular formula is C7H6BrN. The van der Waals surface area contributed by atoms with Crippen LogP contribution in [0.2, 0.25) is 0 Å². The van der Waals surface area contributed by atoms with Gasteiger partial charge in [-0.2, -0.15) is 0 Å². The summed E-state index contributed by atoms with van der Waals surface area (Å²) in [7, 11) is 0. The van der Waals surface area contributed by atoms with Crippen molar-refractivity contribution in [1.29, 1.82) is 0 Å². The second-order valence-electron chi connectivity index (χ2n) is 1.64. The molecule has 0 aromatic carbocycles. The van der Waals surface area contributed by atoms with E-state index in [1.807, 2.05) is 6.07 Å². The van der Waals surface area contributed by atoms with E-state index < -0.39 is 0 Å². The number of nitrogens with zero attached hydrogens (tertiary/aromatic N) is 1. The second-order valence-corrected chi connectivity index (χ2v) is 2.56. The molecule has 0 bridgehead atoms. The van der Waals surface area contributed by atoms with E-state index in [0.29, 0.717) is 0 Å². The molecule has 1 rings (SSSR count). The Morgan fingerprint density at radius 1 is 1.56 bits per heavy atom. The Morgan fingerprint density at radius 2 is 2.33 bits per heavy atom. The molecule has 0 amide bonds. The molecule has 0 aliphatic carbocycles. The van der Waals surface area contributed by atoms with Crippen molar-refractivity contribution in [2.75, 3.05) is 0 Å². The third-order valence-electron chi connectivity index (χ3n) is 0.962. The highest BCUT2D eigenvalue weighted by Crippen LogP contribution is 2.09. The van der Waals surface area contributed by atoms with Gasteiger partial charge in [-0.05, 0) is 27.6 Å². The molecular weight excluding hydrogens is 178 g/mol. The fourth-order valence-electron chi connectivity index (χ4n) is 0.540. The number of aromatic nitrogens is 1. The van der Waals surface area contributed by atoms with Crippen LogP contribution in [-0.2, 0) is 0 Å². The molecule has 1 nitrogen and oxygen atoms in total. The summed E-state index contributed by atoms with van der Waals surface area (Å²) in [6.45, 7) is 3.61. The summed E-state index contributed by atoms with van der Waals surface area (Å²) in [5.74, 6) is 0. The lowest BCUT2D eigenvalue weighted by Gasteiger charge is -1.90. The molecule has 0 saturated heterocycles. The summed E-state index contributed by atoms with van der Waals surface area (Å²) in [5, 5.41) is 0. The van der Waals surface area contributed by atoms with Gasteiger partial charge in [0.15, 0.2) is 0 Å². The van der Waals surface area contributed by atoms with E-state index >= 15 is 0 Å². The molecule has 46 valence electrons. The molecule has 0 N–H and O–H groups in total. The average Bonchev–Trinajstić information content (AvgIpc) is 1.88. The van der Waals surface area contributed by atoms with Crippen LogP contribution in [0.5, 0.6) is 0 Å². The van der Waals surface area contributed by atoms with E-state index in [4.69, 9.17) is 0 Å². The summed E-state index contributed by atoms with van der Waals surface area (Å²) in [5.41, 5.74) is 1.03. The average molecular weight is 184 g/mol. The maximum Gasteiger partial charge on any atom is 0.0410 e. The van der Waals surface area contributed by atoms with Gasteiger partial charge >= 0.3 is 0 Å². The van der Waals surface area contributed by atoms with Gasteiger partial charge < -0.3 is 0 Å². The summed E-state index contributed by atoms with van der Waals surface area (Å²) >= 11 is 3.29. The lowest BCUT2D eigenvalue weighted by Crippen LogP contribution is -1.73. The van der Waals surface area contributed by atoms with Crippen LogP contribution in [0.4, 0.5) is 0 Å². The molecule has 0 saturated carbocycles. The van der Waals surface area contributed by atoms with Crippen LogP contribution < -0.4 is 0 Å². The van der Waals surface area contributed by atoms with Gasteiger partial charge in [-0.1, -0.05) is 12.7 Å². The molecule has 1 heterocycles. The minimum Gasteiger partial charge on any atom is -0.263 e. The highest BCUT2D eigenvalue weighted by atomic mass is 79.9. The highest BCUT2D eigenvalue weighted by molar-refractivity contribution is 9.10. The summed E-state index contributed by atoms with van der Waals surface area (Å²) < 4.78 is 0.986. The number of halogens is 1. The normalized spacial score (nSPS) is 9.00. The van der Waals surface area contributed by atoms with E-state index in [9.17, 15) is 0 Å². The zero-order valence-electron chi connectivity index (χ0n) is 4.84. The molecule has 2 heteroatoms. The van der Waals surface area contributed by atoms with Gasteiger partial charge in [-0.15, -0.1) is 0 Å². The third kappa shape index (κ3) is 1.64. The van der Waals surface area contributed by atoms with Crippen molar-refractivity contribution >= 4 is 22.0 Å². The molecule has 0 aliphatic heterocycles. The van der Waals surface area contributed by atoms with E-state index in [0.717, 1.165) is 10.0 Å². The van der Waals surface area contributed by atoms with Gasteiger partial charge in [0.1, 0.15) is 0 Å². The van der Waals surface area contributed by atoms with Gasteiger partial charge in [0.25, 0.3) is 0 Å². The van der Waals surface area contributed by atoms with E-state index in [2.05, 4.69) is 27.5 Å². The maximum absolute atomic E-state index is 3.94. The van der Waals surface area contributed by atoms with E-state index in [1.54, 1.807) is 18.5 Å². The first-order valence-corrected chi connectivity index (χ1v) is 3.35. The topological polar surface area (TPSA) is 12.9 Å². The number of rotatable bonds is 1. The van der Waals surface area contributed by atoms with E-state index in [1.165, 1.54) is 0 Å². The Morgan fingerprint density at radius 3 is 2.78 bits per heavy atom. The van der Waals surface area contributed by atoms with Gasteiger partial charge in [-0.3, -0.25) is 4.98 Å². The molecule has 9 heavy (non-hydrogen) atoms. The third-order valence-corrected chi connectivity index (χ3v) is 1.40. The van der Waals surface area contributed by atoms with Crippen molar-refractivity contribution in [3.05, 3.63) is 35.1 Å². The predicted molar refractivity (Wildman–Crippen MR) is 42.0 cm³/mol. The molecule has 0 fully saturated rings. The van der Waals surface area contributed by atoms with Gasteiger partial charge in [0.05, 0.1) is 0 Å². The van der Waals surface area contributed by atoms with Crippen molar-refractivity contribution < 1.29 is 0 Å². The first-order chi connectivity index (χ1) is 4.33. The van der Waals surface area contributed by atoms with E-state index in [-0.39, 0.29) is 0 Å². The lowest BCUT2D eigenvalue weighted by atomic mass is 10.3. The zero-order valence-corrected chi connectivity index (χ0v) is 6.43. The van der Waals surface area contributed by atoms with Crippen LogP contribution in [0, 0.1) is 0 Å². The molecule has 1 aromatic heterocycles. The van der Waals surface area contributed by atoms with Gasteiger partial charge in [0, 0.05) is 16.9 Å². The van der Waals surface area contributed by atoms with Gasteiger partial charge in [-0.25, -0.2) is 0 Å². The smallest absolute Gasteiger partial charge is 0.0410 e. The Kier molecular flexibility index (Phi) is 2.01. The first kappa shape index (κ1) is 6.49. The quantitative estimate of drug-likeness (QED) is 0.653. The zero-order chi connectivity index (χ0) is 6.69. The standard InChI is InChI=1S/C7H6BrN/c1-2-6-3-7(8)5-9-4-6/h2-5H,1H2. The van der Waals surface area contributed by atoms with Crippen LogP contribution in [0.25, 0.3) is 6.08 Å². The van der Waals surface area contributed by atoms with Crippen LogP contribution in [0.3, 0.4) is 0 Å². The molecule has 0 spiro atoms. The monoisotopic (exact) mass is 183 g/mol. The predicted octanol–water partition coefficient (Wildman–Crippen LogP) is 2.49. The fraction of sp³-hybridized carbons (Fsp3) is 0. The maximum atomic E-state index is 3.94. The van der Waals surface area contributed by atoms with Crippen LogP contribution >= 0.6 is 15.9 Å². The second kappa shape index (κ2) is 2.78. The Hall–Kier alpha value is -0.630. The summed E-state index contributed by atoms with van der Waals surface area (Å²) in [6.07, 6.45) is 5.27. The Labute approximate surface area is 62.6 Å². The molecule has 0 aliphatic rings. The fourth-order valence-corrected chi connectivity index (χ4v) is 0.922. The Bertz CT molecular complexity index is 220.